The molecule has 0 aliphatic heterocycles. The first kappa shape index (κ1) is 24.6. The van der Waals surface area contributed by atoms with Crippen molar-refractivity contribution in [1.29, 1.82) is 0 Å². The van der Waals surface area contributed by atoms with Gasteiger partial charge in [-0.05, 0) is 53.1 Å². The molecule has 0 fully saturated rings. The smallest absolute Gasteiger partial charge is 0.247 e. The van der Waals surface area contributed by atoms with Gasteiger partial charge in [-0.2, -0.15) is 0 Å². The van der Waals surface area contributed by atoms with Gasteiger partial charge in [-0.15, -0.1) is 0 Å². The normalized spacial score (nSPS) is 21.2. The van der Waals surface area contributed by atoms with Crippen LogP contribution in [0.3, 0.4) is 0 Å². The van der Waals surface area contributed by atoms with Crippen molar-refractivity contribution in [2.75, 3.05) is 19.7 Å². The SMILES string of the molecule is CC(=O)N(CCC(C)C)C1CC(C(=O)NCCO)=CC(Oc2ccccc2I)C1O. The zero-order valence-corrected chi connectivity index (χ0v) is 19.8. The third-order valence-corrected chi connectivity index (χ3v) is 5.96. The Morgan fingerprint density at radius 3 is 2.63 bits per heavy atom. The molecule has 166 valence electrons. The molecule has 2 rings (SSSR count). The van der Waals surface area contributed by atoms with E-state index in [9.17, 15) is 14.7 Å². The number of hydrogen-bond acceptors (Lipinski definition) is 5. The maximum Gasteiger partial charge on any atom is 0.247 e. The van der Waals surface area contributed by atoms with E-state index in [-0.39, 0.29) is 31.4 Å². The van der Waals surface area contributed by atoms with Gasteiger partial charge in [-0.25, -0.2) is 0 Å². The standard InChI is InChI=1S/C22H31IN2O5/c1-14(2)8-10-25(15(3)27)18-12-16(22(29)24-9-11-26)13-20(21(18)28)30-19-7-5-4-6-17(19)23/h4-7,13-14,18,20-21,26,28H,8-12H2,1-3H3,(H,24,29). The molecule has 1 aromatic carbocycles. The maximum absolute atomic E-state index is 12.6. The Bertz CT molecular complexity index is 768. The Kier molecular flexibility index (Phi) is 9.57. The molecule has 0 heterocycles. The van der Waals surface area contributed by atoms with Gasteiger partial charge >= 0.3 is 0 Å². The first-order chi connectivity index (χ1) is 14.2. The number of rotatable bonds is 9. The van der Waals surface area contributed by atoms with Crippen LogP contribution in [0.4, 0.5) is 0 Å². The quantitative estimate of drug-likeness (QED) is 0.425. The number of halogens is 1. The largest absolute Gasteiger partial charge is 0.482 e. The summed E-state index contributed by atoms with van der Waals surface area (Å²) in [6.45, 7) is 6.10. The molecule has 30 heavy (non-hydrogen) atoms. The number of aliphatic hydroxyl groups excluding tert-OH is 2. The molecule has 1 aliphatic rings. The number of ether oxygens (including phenoxy) is 1. The second-order valence-electron chi connectivity index (χ2n) is 7.84. The molecule has 7 nitrogen and oxygen atoms in total. The molecule has 2 amide bonds. The summed E-state index contributed by atoms with van der Waals surface area (Å²) in [6.07, 6.45) is 0.877. The van der Waals surface area contributed by atoms with E-state index < -0.39 is 18.2 Å². The first-order valence-electron chi connectivity index (χ1n) is 10.2. The van der Waals surface area contributed by atoms with Crippen LogP contribution in [-0.4, -0.2) is 64.9 Å². The fraction of sp³-hybridized carbons (Fsp3) is 0.545. The third-order valence-electron chi connectivity index (χ3n) is 5.07. The molecule has 8 heteroatoms. The highest BCUT2D eigenvalue weighted by molar-refractivity contribution is 14.1. The van der Waals surface area contributed by atoms with Crippen LogP contribution in [0.1, 0.15) is 33.6 Å². The lowest BCUT2D eigenvalue weighted by molar-refractivity contribution is -0.136. The number of nitrogens with one attached hydrogen (secondary N) is 1. The number of hydrogen-bond donors (Lipinski definition) is 3. The van der Waals surface area contributed by atoms with Gasteiger partial charge in [0.05, 0.1) is 16.2 Å². The van der Waals surface area contributed by atoms with E-state index in [0.717, 1.165) is 9.99 Å². The number of carbonyl (C=O) groups excluding carboxylic acids is 2. The van der Waals surface area contributed by atoms with Gasteiger partial charge in [0.1, 0.15) is 18.0 Å². The van der Waals surface area contributed by atoms with Crippen molar-refractivity contribution < 1.29 is 24.5 Å². The van der Waals surface area contributed by atoms with Crippen molar-refractivity contribution >= 4 is 34.4 Å². The average Bonchev–Trinajstić information content (AvgIpc) is 2.69. The molecule has 3 N–H and O–H groups in total. The highest BCUT2D eigenvalue weighted by Gasteiger charge is 2.39. The predicted octanol–water partition coefficient (Wildman–Crippen LogP) is 2.10. The monoisotopic (exact) mass is 530 g/mol. The summed E-state index contributed by atoms with van der Waals surface area (Å²) >= 11 is 2.15. The molecular weight excluding hydrogens is 499 g/mol. The van der Waals surface area contributed by atoms with E-state index in [2.05, 4.69) is 41.8 Å². The van der Waals surface area contributed by atoms with Crippen molar-refractivity contribution in [2.45, 2.75) is 51.9 Å². The number of aliphatic hydroxyl groups is 2. The number of nitrogens with zero attached hydrogens (tertiary/aromatic N) is 1. The molecule has 3 atom stereocenters. The van der Waals surface area contributed by atoms with Crippen molar-refractivity contribution in [3.63, 3.8) is 0 Å². The summed E-state index contributed by atoms with van der Waals surface area (Å²) in [7, 11) is 0. The molecule has 3 unspecified atom stereocenters. The van der Waals surface area contributed by atoms with E-state index in [0.29, 0.717) is 23.8 Å². The minimum Gasteiger partial charge on any atom is -0.482 e. The maximum atomic E-state index is 12.6. The highest BCUT2D eigenvalue weighted by Crippen LogP contribution is 2.30. The van der Waals surface area contributed by atoms with Crippen LogP contribution < -0.4 is 10.1 Å². The lowest BCUT2D eigenvalue weighted by Crippen LogP contribution is -2.55. The topological polar surface area (TPSA) is 99.1 Å². The summed E-state index contributed by atoms with van der Waals surface area (Å²) in [6, 6.07) is 6.85. The second kappa shape index (κ2) is 11.7. The molecule has 1 aliphatic carbocycles. The van der Waals surface area contributed by atoms with Crippen molar-refractivity contribution in [3.05, 3.63) is 39.5 Å². The molecule has 1 aromatic rings. The predicted molar refractivity (Wildman–Crippen MR) is 123 cm³/mol. The summed E-state index contributed by atoms with van der Waals surface area (Å²) < 4.78 is 6.95. The highest BCUT2D eigenvalue weighted by atomic mass is 127. The molecule has 0 spiro atoms. The summed E-state index contributed by atoms with van der Waals surface area (Å²) in [5.74, 6) is 0.522. The minimum absolute atomic E-state index is 0.134. The van der Waals surface area contributed by atoms with Crippen molar-refractivity contribution in [1.82, 2.24) is 10.2 Å². The second-order valence-corrected chi connectivity index (χ2v) is 9.00. The molecule has 0 aromatic heterocycles. The van der Waals surface area contributed by atoms with Crippen LogP contribution in [0, 0.1) is 9.49 Å². The van der Waals surface area contributed by atoms with Gasteiger partial charge in [0.2, 0.25) is 11.8 Å². The zero-order valence-electron chi connectivity index (χ0n) is 17.7. The van der Waals surface area contributed by atoms with Crippen molar-refractivity contribution in [3.8, 4) is 5.75 Å². The fourth-order valence-corrected chi connectivity index (χ4v) is 3.94. The molecular formula is C22H31IN2O5. The van der Waals surface area contributed by atoms with E-state index >= 15 is 0 Å². The van der Waals surface area contributed by atoms with Crippen LogP contribution in [0.5, 0.6) is 5.75 Å². The Labute approximate surface area is 191 Å². The minimum atomic E-state index is -0.980. The van der Waals surface area contributed by atoms with Crippen LogP contribution in [0.2, 0.25) is 0 Å². The summed E-state index contributed by atoms with van der Waals surface area (Å²) in [4.78, 5) is 26.6. The van der Waals surface area contributed by atoms with Gasteiger partial charge in [0.25, 0.3) is 0 Å². The molecule has 0 saturated heterocycles. The third kappa shape index (κ3) is 6.68. The zero-order chi connectivity index (χ0) is 22.3. The number of para-hydroxylation sites is 1. The van der Waals surface area contributed by atoms with Gasteiger partial charge in [0, 0.05) is 32.0 Å². The van der Waals surface area contributed by atoms with E-state index in [4.69, 9.17) is 9.84 Å². The first-order valence-corrected chi connectivity index (χ1v) is 11.3. The average molecular weight is 530 g/mol. The fourth-order valence-electron chi connectivity index (χ4n) is 3.42. The Balaban J connectivity index is 2.34. The van der Waals surface area contributed by atoms with Gasteiger partial charge in [0.15, 0.2) is 0 Å². The molecule has 0 radical (unpaired) electrons. The number of amides is 2. The van der Waals surface area contributed by atoms with E-state index in [1.54, 1.807) is 17.0 Å². The van der Waals surface area contributed by atoms with Crippen LogP contribution in [0.15, 0.2) is 35.9 Å². The summed E-state index contributed by atoms with van der Waals surface area (Å²) in [5, 5.41) is 22.8. The van der Waals surface area contributed by atoms with Gasteiger partial charge in [-0.1, -0.05) is 26.0 Å². The molecule has 0 saturated carbocycles. The Morgan fingerprint density at radius 1 is 1.33 bits per heavy atom. The van der Waals surface area contributed by atoms with Gasteiger partial charge in [-0.3, -0.25) is 9.59 Å². The Morgan fingerprint density at radius 2 is 2.03 bits per heavy atom. The molecule has 0 bridgehead atoms. The van der Waals surface area contributed by atoms with Crippen LogP contribution >= 0.6 is 22.6 Å². The summed E-state index contributed by atoms with van der Waals surface area (Å²) in [5.41, 5.74) is 0.436. The van der Waals surface area contributed by atoms with Crippen LogP contribution in [0.25, 0.3) is 0 Å². The lowest BCUT2D eigenvalue weighted by atomic mass is 9.88. The van der Waals surface area contributed by atoms with Crippen LogP contribution in [-0.2, 0) is 9.59 Å². The van der Waals surface area contributed by atoms with E-state index in [1.807, 2.05) is 18.2 Å². The van der Waals surface area contributed by atoms with Crippen molar-refractivity contribution in [2.24, 2.45) is 5.92 Å². The van der Waals surface area contributed by atoms with Gasteiger partial charge < -0.3 is 25.2 Å². The number of carbonyl (C=O) groups is 2. The van der Waals surface area contributed by atoms with E-state index in [1.165, 1.54) is 6.92 Å². The number of benzene rings is 1. The lowest BCUT2D eigenvalue weighted by Gasteiger charge is -2.40. The Hall–Kier alpha value is -1.65.